The molecule has 3 aromatic rings. The average Bonchev–Trinajstić information content (AvgIpc) is 3.03. The van der Waals surface area contributed by atoms with Crippen LogP contribution in [0.25, 0.3) is 6.08 Å². The lowest BCUT2D eigenvalue weighted by Gasteiger charge is -2.12. The van der Waals surface area contributed by atoms with E-state index >= 15 is 0 Å². The second kappa shape index (κ2) is 9.69. The molecule has 1 aliphatic rings. The van der Waals surface area contributed by atoms with E-state index in [2.05, 4.69) is 5.32 Å². The molecule has 1 N–H and O–H groups in total. The van der Waals surface area contributed by atoms with Crippen molar-refractivity contribution in [1.29, 1.82) is 0 Å². The lowest BCUT2D eigenvalue weighted by atomic mass is 10.1. The van der Waals surface area contributed by atoms with Crippen LogP contribution in [0.2, 0.25) is 10.0 Å². The van der Waals surface area contributed by atoms with Crippen molar-refractivity contribution in [3.05, 3.63) is 104 Å². The third kappa shape index (κ3) is 5.38. The zero-order valence-electron chi connectivity index (χ0n) is 18.2. The minimum atomic E-state index is -0.470. The number of rotatable bonds is 6. The number of urea groups is 1. The van der Waals surface area contributed by atoms with Gasteiger partial charge in [-0.05, 0) is 48.7 Å². The lowest BCUT2D eigenvalue weighted by molar-refractivity contribution is -0.123. The molecule has 3 aromatic carbocycles. The molecule has 0 atom stereocenters. The number of nitrogens with zero attached hydrogens (tertiary/aromatic N) is 1. The molecule has 33 heavy (non-hydrogen) atoms. The van der Waals surface area contributed by atoms with Gasteiger partial charge in [-0.3, -0.25) is 9.69 Å². The highest BCUT2D eigenvalue weighted by molar-refractivity contribution is 6.37. The monoisotopic (exact) mass is 480 g/mol. The molecule has 3 amide bonds. The number of carbonyl (C=O) groups is 2. The number of ether oxygens (including phenoxy) is 1. The SMILES string of the molecule is Cc1ccc(COc2c(Cl)cc(/C=C3/NC(=O)N(Cc4ccc(C)cc4)C3=O)cc2Cl)cc1. The topological polar surface area (TPSA) is 58.6 Å². The first kappa shape index (κ1) is 22.9. The summed E-state index contributed by atoms with van der Waals surface area (Å²) in [5, 5.41) is 3.25. The smallest absolute Gasteiger partial charge is 0.329 e. The van der Waals surface area contributed by atoms with Crippen LogP contribution in [0.4, 0.5) is 4.79 Å². The fraction of sp³-hybridized carbons (Fsp3) is 0.154. The molecule has 1 fully saturated rings. The minimum absolute atomic E-state index is 0.160. The van der Waals surface area contributed by atoms with Crippen LogP contribution in [-0.2, 0) is 17.9 Å². The van der Waals surface area contributed by atoms with Crippen LogP contribution >= 0.6 is 23.2 Å². The number of hydrogen-bond donors (Lipinski definition) is 1. The Hall–Kier alpha value is -3.28. The molecule has 0 unspecified atom stereocenters. The maximum absolute atomic E-state index is 12.8. The van der Waals surface area contributed by atoms with Crippen LogP contribution in [0.5, 0.6) is 5.75 Å². The van der Waals surface area contributed by atoms with Crippen LogP contribution in [0, 0.1) is 13.8 Å². The second-order valence-electron chi connectivity index (χ2n) is 7.95. The van der Waals surface area contributed by atoms with Crippen molar-refractivity contribution in [1.82, 2.24) is 10.2 Å². The second-order valence-corrected chi connectivity index (χ2v) is 8.77. The molecule has 1 saturated heterocycles. The van der Waals surface area contributed by atoms with Crippen LogP contribution in [0.1, 0.15) is 27.8 Å². The summed E-state index contributed by atoms with van der Waals surface area (Å²) in [6.07, 6.45) is 1.55. The first-order chi connectivity index (χ1) is 15.8. The predicted octanol–water partition coefficient (Wildman–Crippen LogP) is 6.28. The van der Waals surface area contributed by atoms with E-state index in [1.54, 1.807) is 18.2 Å². The van der Waals surface area contributed by atoms with E-state index < -0.39 is 11.9 Å². The van der Waals surface area contributed by atoms with Crippen molar-refractivity contribution in [2.45, 2.75) is 27.0 Å². The van der Waals surface area contributed by atoms with Crippen LogP contribution in [0.15, 0.2) is 66.4 Å². The van der Waals surface area contributed by atoms with Crippen molar-refractivity contribution in [3.8, 4) is 5.75 Å². The van der Waals surface area contributed by atoms with Gasteiger partial charge in [0.2, 0.25) is 0 Å². The molecule has 168 valence electrons. The van der Waals surface area contributed by atoms with E-state index in [1.807, 2.05) is 62.4 Å². The molecule has 0 radical (unpaired) electrons. The Morgan fingerprint density at radius 1 is 0.879 bits per heavy atom. The standard InChI is InChI=1S/C26H22Cl2N2O3/c1-16-3-7-18(8-4-16)14-30-25(31)23(29-26(30)32)13-20-11-21(27)24(22(28)12-20)33-15-19-9-5-17(2)6-10-19/h3-13H,14-15H2,1-2H3,(H,29,32)/b23-13+. The average molecular weight is 481 g/mol. The zero-order chi connectivity index (χ0) is 23.5. The Morgan fingerprint density at radius 2 is 1.42 bits per heavy atom. The molecule has 1 aliphatic heterocycles. The van der Waals surface area contributed by atoms with Crippen LogP contribution in [0.3, 0.4) is 0 Å². The van der Waals surface area contributed by atoms with Crippen LogP contribution in [-0.4, -0.2) is 16.8 Å². The maximum atomic E-state index is 12.8. The largest absolute Gasteiger partial charge is 0.486 e. The van der Waals surface area contributed by atoms with Crippen molar-refractivity contribution >= 4 is 41.2 Å². The predicted molar refractivity (Wildman–Crippen MR) is 130 cm³/mol. The lowest BCUT2D eigenvalue weighted by Crippen LogP contribution is -2.30. The molecule has 5 nitrogen and oxygen atoms in total. The number of imide groups is 1. The summed E-state index contributed by atoms with van der Waals surface area (Å²) in [5.41, 5.74) is 4.87. The van der Waals surface area contributed by atoms with Crippen molar-refractivity contribution in [2.24, 2.45) is 0 Å². The number of benzene rings is 3. The number of halogens is 2. The summed E-state index contributed by atoms with van der Waals surface area (Å²) in [6, 6.07) is 18.5. The molecule has 0 aromatic heterocycles. The van der Waals surface area contributed by atoms with Crippen molar-refractivity contribution in [3.63, 3.8) is 0 Å². The quantitative estimate of drug-likeness (QED) is 0.333. The molecule has 0 bridgehead atoms. The van der Waals surface area contributed by atoms with Gasteiger partial charge in [-0.25, -0.2) is 4.79 Å². The Kier molecular flexibility index (Phi) is 6.72. The number of nitrogens with one attached hydrogen (secondary N) is 1. The Morgan fingerprint density at radius 3 is 2.00 bits per heavy atom. The maximum Gasteiger partial charge on any atom is 0.329 e. The van der Waals surface area contributed by atoms with Gasteiger partial charge in [0.15, 0.2) is 5.75 Å². The van der Waals surface area contributed by atoms with Gasteiger partial charge in [-0.2, -0.15) is 0 Å². The summed E-state index contributed by atoms with van der Waals surface area (Å²) in [7, 11) is 0. The first-order valence-electron chi connectivity index (χ1n) is 10.4. The van der Waals surface area contributed by atoms with Crippen molar-refractivity contribution < 1.29 is 14.3 Å². The van der Waals surface area contributed by atoms with E-state index in [0.717, 1.165) is 22.3 Å². The molecule has 0 aliphatic carbocycles. The molecular formula is C26H22Cl2N2O3. The fourth-order valence-corrected chi connectivity index (χ4v) is 4.01. The summed E-state index contributed by atoms with van der Waals surface area (Å²) < 4.78 is 5.82. The fourth-order valence-electron chi connectivity index (χ4n) is 3.40. The summed E-state index contributed by atoms with van der Waals surface area (Å²) in [4.78, 5) is 26.3. The van der Waals surface area contributed by atoms with E-state index in [0.29, 0.717) is 28.0 Å². The van der Waals surface area contributed by atoms with Gasteiger partial charge < -0.3 is 10.1 Å². The summed E-state index contributed by atoms with van der Waals surface area (Å²) in [5.74, 6) is -0.0450. The highest BCUT2D eigenvalue weighted by Gasteiger charge is 2.33. The van der Waals surface area contributed by atoms with E-state index in [9.17, 15) is 9.59 Å². The Bertz CT molecular complexity index is 1210. The van der Waals surface area contributed by atoms with E-state index in [4.69, 9.17) is 27.9 Å². The zero-order valence-corrected chi connectivity index (χ0v) is 19.7. The van der Waals surface area contributed by atoms with Crippen molar-refractivity contribution in [2.75, 3.05) is 0 Å². The highest BCUT2D eigenvalue weighted by atomic mass is 35.5. The van der Waals surface area contributed by atoms with Gasteiger partial charge in [-0.1, -0.05) is 82.9 Å². The molecule has 0 spiro atoms. The highest BCUT2D eigenvalue weighted by Crippen LogP contribution is 2.35. The Labute approximate surface area is 202 Å². The third-order valence-corrected chi connectivity index (χ3v) is 5.82. The third-order valence-electron chi connectivity index (χ3n) is 5.26. The van der Waals surface area contributed by atoms with E-state index in [1.165, 1.54) is 4.90 Å². The number of aryl methyl sites for hydroxylation is 2. The first-order valence-corrected chi connectivity index (χ1v) is 11.1. The normalized spacial score (nSPS) is 14.7. The minimum Gasteiger partial charge on any atom is -0.486 e. The van der Waals surface area contributed by atoms with Gasteiger partial charge in [0, 0.05) is 0 Å². The molecule has 0 saturated carbocycles. The molecule has 7 heteroatoms. The van der Waals surface area contributed by atoms with E-state index in [-0.39, 0.29) is 12.2 Å². The molecule has 1 heterocycles. The summed E-state index contributed by atoms with van der Waals surface area (Å²) in [6.45, 7) is 4.51. The van der Waals surface area contributed by atoms with Gasteiger partial charge in [0.05, 0.1) is 16.6 Å². The molecular weight excluding hydrogens is 459 g/mol. The van der Waals surface area contributed by atoms with Gasteiger partial charge in [0.1, 0.15) is 12.3 Å². The van der Waals surface area contributed by atoms with Gasteiger partial charge in [0.25, 0.3) is 5.91 Å². The number of hydrogen-bond acceptors (Lipinski definition) is 3. The van der Waals surface area contributed by atoms with Gasteiger partial charge >= 0.3 is 6.03 Å². The van der Waals surface area contributed by atoms with Gasteiger partial charge in [-0.15, -0.1) is 0 Å². The Balaban J connectivity index is 1.49. The number of amides is 3. The molecule has 4 rings (SSSR count). The summed E-state index contributed by atoms with van der Waals surface area (Å²) >= 11 is 12.8. The number of carbonyl (C=O) groups excluding carboxylic acids is 2. The van der Waals surface area contributed by atoms with Crippen LogP contribution < -0.4 is 10.1 Å².